The number of hydrogen-bond donors (Lipinski definition) is 3. The van der Waals surface area contributed by atoms with Gasteiger partial charge in [-0.05, 0) is 36.5 Å². The normalized spacial score (nSPS) is 13.5. The van der Waals surface area contributed by atoms with Crippen molar-refractivity contribution in [2.75, 3.05) is 6.54 Å². The summed E-state index contributed by atoms with van der Waals surface area (Å²) in [5, 5.41) is 14.6. The number of carbonyl (C=O) groups is 1. The van der Waals surface area contributed by atoms with Gasteiger partial charge in [-0.25, -0.2) is 4.79 Å². The molecule has 1 atom stereocenters. The maximum absolute atomic E-state index is 12.6. The molecular formula is C16H23F3N2O2. The summed E-state index contributed by atoms with van der Waals surface area (Å²) in [6, 6.07) is 4.37. The summed E-state index contributed by atoms with van der Waals surface area (Å²) < 4.78 is 37.8. The van der Waals surface area contributed by atoms with Crippen molar-refractivity contribution in [3.63, 3.8) is 0 Å². The van der Waals surface area contributed by atoms with E-state index < -0.39 is 23.9 Å². The van der Waals surface area contributed by atoms with Crippen LogP contribution in [0.2, 0.25) is 0 Å². The molecule has 0 aliphatic rings. The first-order valence-corrected chi connectivity index (χ1v) is 7.35. The molecule has 0 spiro atoms. The quantitative estimate of drug-likeness (QED) is 0.748. The fraction of sp³-hybridized carbons (Fsp3) is 0.562. The minimum Gasteiger partial charge on any atom is -0.393 e. The van der Waals surface area contributed by atoms with Gasteiger partial charge in [0.1, 0.15) is 0 Å². The molecule has 130 valence electrons. The van der Waals surface area contributed by atoms with Gasteiger partial charge in [-0.2, -0.15) is 13.2 Å². The van der Waals surface area contributed by atoms with Crippen molar-refractivity contribution in [2.24, 2.45) is 5.41 Å². The van der Waals surface area contributed by atoms with Gasteiger partial charge in [0, 0.05) is 13.1 Å². The van der Waals surface area contributed by atoms with Gasteiger partial charge in [0.15, 0.2) is 0 Å². The Hall–Kier alpha value is -1.76. The van der Waals surface area contributed by atoms with Crippen LogP contribution < -0.4 is 10.6 Å². The third-order valence-electron chi connectivity index (χ3n) is 3.28. The van der Waals surface area contributed by atoms with Gasteiger partial charge in [0.05, 0.1) is 11.7 Å². The molecule has 0 aromatic heterocycles. The Labute approximate surface area is 134 Å². The van der Waals surface area contributed by atoms with E-state index in [1.54, 1.807) is 6.92 Å². The first-order valence-electron chi connectivity index (χ1n) is 7.35. The molecule has 0 saturated heterocycles. The van der Waals surface area contributed by atoms with E-state index in [1.807, 2.05) is 13.8 Å². The van der Waals surface area contributed by atoms with Crippen molar-refractivity contribution in [1.29, 1.82) is 0 Å². The Morgan fingerprint density at radius 1 is 1.26 bits per heavy atom. The van der Waals surface area contributed by atoms with Gasteiger partial charge >= 0.3 is 12.2 Å². The number of amides is 2. The van der Waals surface area contributed by atoms with Gasteiger partial charge in [-0.15, -0.1) is 0 Å². The second kappa shape index (κ2) is 7.68. The van der Waals surface area contributed by atoms with E-state index in [4.69, 9.17) is 0 Å². The lowest BCUT2D eigenvalue weighted by Crippen LogP contribution is -2.41. The van der Waals surface area contributed by atoms with Crippen molar-refractivity contribution in [1.82, 2.24) is 10.6 Å². The standard InChI is InChI=1S/C16H23F3N2O2/c1-11(22)8-15(2,3)10-21-14(23)20-9-12-5-4-6-13(7-12)16(17,18)19/h4-7,11,22H,8-10H2,1-3H3,(H2,20,21,23)/t11-/m1/s1. The van der Waals surface area contributed by atoms with E-state index in [1.165, 1.54) is 12.1 Å². The molecule has 0 bridgehead atoms. The maximum Gasteiger partial charge on any atom is 0.416 e. The van der Waals surface area contributed by atoms with Crippen LogP contribution in [0, 0.1) is 5.41 Å². The molecule has 0 heterocycles. The lowest BCUT2D eigenvalue weighted by atomic mass is 9.87. The van der Waals surface area contributed by atoms with Crippen LogP contribution in [-0.2, 0) is 12.7 Å². The first-order chi connectivity index (χ1) is 10.5. The highest BCUT2D eigenvalue weighted by Gasteiger charge is 2.30. The minimum absolute atomic E-state index is 0.00653. The Morgan fingerprint density at radius 2 is 1.91 bits per heavy atom. The second-order valence-corrected chi connectivity index (χ2v) is 6.45. The topological polar surface area (TPSA) is 61.4 Å². The van der Waals surface area contributed by atoms with Crippen molar-refractivity contribution in [2.45, 2.75) is 46.0 Å². The monoisotopic (exact) mass is 332 g/mol. The molecule has 1 rings (SSSR count). The molecule has 1 aromatic carbocycles. The largest absolute Gasteiger partial charge is 0.416 e. The molecule has 3 N–H and O–H groups in total. The number of rotatable bonds is 6. The number of alkyl halides is 3. The van der Waals surface area contributed by atoms with Crippen LogP contribution in [0.25, 0.3) is 0 Å². The van der Waals surface area contributed by atoms with Crippen LogP contribution in [0.5, 0.6) is 0 Å². The zero-order valence-electron chi connectivity index (χ0n) is 13.5. The number of benzene rings is 1. The molecule has 4 nitrogen and oxygen atoms in total. The highest BCUT2D eigenvalue weighted by molar-refractivity contribution is 5.73. The number of urea groups is 1. The van der Waals surface area contributed by atoms with E-state index >= 15 is 0 Å². The number of halogens is 3. The van der Waals surface area contributed by atoms with Crippen LogP contribution in [0.3, 0.4) is 0 Å². The number of aliphatic hydroxyl groups excluding tert-OH is 1. The van der Waals surface area contributed by atoms with Crippen LogP contribution in [-0.4, -0.2) is 23.8 Å². The summed E-state index contributed by atoms with van der Waals surface area (Å²) in [7, 11) is 0. The fourth-order valence-electron chi connectivity index (χ4n) is 2.29. The molecule has 1 aromatic rings. The SMILES string of the molecule is C[C@@H](O)CC(C)(C)CNC(=O)NCc1cccc(C(F)(F)F)c1. The molecule has 0 aliphatic carbocycles. The molecule has 23 heavy (non-hydrogen) atoms. The Balaban J connectivity index is 2.48. The zero-order valence-corrected chi connectivity index (χ0v) is 13.5. The van der Waals surface area contributed by atoms with Gasteiger partial charge in [0.25, 0.3) is 0 Å². The van der Waals surface area contributed by atoms with E-state index in [9.17, 15) is 23.1 Å². The highest BCUT2D eigenvalue weighted by atomic mass is 19.4. The molecule has 0 saturated carbocycles. The van der Waals surface area contributed by atoms with E-state index in [-0.39, 0.29) is 12.0 Å². The first kappa shape index (κ1) is 19.3. The maximum atomic E-state index is 12.6. The van der Waals surface area contributed by atoms with Crippen LogP contribution >= 0.6 is 0 Å². The summed E-state index contributed by atoms with van der Waals surface area (Å²) in [6.45, 7) is 5.86. The van der Waals surface area contributed by atoms with Crippen molar-refractivity contribution < 1.29 is 23.1 Å². The predicted octanol–water partition coefficient (Wildman–Crippen LogP) is 3.30. The second-order valence-electron chi connectivity index (χ2n) is 6.45. The summed E-state index contributed by atoms with van der Waals surface area (Å²) in [5.41, 5.74) is -0.643. The van der Waals surface area contributed by atoms with Gasteiger partial charge in [-0.3, -0.25) is 0 Å². The van der Waals surface area contributed by atoms with Crippen LogP contribution in [0.4, 0.5) is 18.0 Å². The Morgan fingerprint density at radius 3 is 2.48 bits per heavy atom. The third kappa shape index (κ3) is 7.36. The highest BCUT2D eigenvalue weighted by Crippen LogP contribution is 2.29. The average Bonchev–Trinajstić information content (AvgIpc) is 2.41. The number of hydrogen-bond acceptors (Lipinski definition) is 2. The number of aliphatic hydroxyl groups is 1. The fourth-order valence-corrected chi connectivity index (χ4v) is 2.29. The smallest absolute Gasteiger partial charge is 0.393 e. The van der Waals surface area contributed by atoms with Crippen molar-refractivity contribution >= 4 is 6.03 Å². The van der Waals surface area contributed by atoms with Crippen molar-refractivity contribution in [3.8, 4) is 0 Å². The lowest BCUT2D eigenvalue weighted by Gasteiger charge is -2.26. The number of nitrogens with one attached hydrogen (secondary N) is 2. The summed E-state index contributed by atoms with van der Waals surface area (Å²) in [4.78, 5) is 11.7. The van der Waals surface area contributed by atoms with Gasteiger partial charge < -0.3 is 15.7 Å². The van der Waals surface area contributed by atoms with Crippen molar-refractivity contribution in [3.05, 3.63) is 35.4 Å². The predicted molar refractivity (Wildman–Crippen MR) is 81.8 cm³/mol. The average molecular weight is 332 g/mol. The number of carbonyl (C=O) groups excluding carboxylic acids is 1. The van der Waals surface area contributed by atoms with E-state index in [0.717, 1.165) is 12.1 Å². The molecule has 0 radical (unpaired) electrons. The molecule has 0 fully saturated rings. The van der Waals surface area contributed by atoms with E-state index in [2.05, 4.69) is 10.6 Å². The summed E-state index contributed by atoms with van der Waals surface area (Å²) in [6.07, 6.45) is -4.34. The minimum atomic E-state index is -4.40. The molecule has 7 heteroatoms. The summed E-state index contributed by atoms with van der Waals surface area (Å²) in [5.74, 6) is 0. The molecule has 2 amide bonds. The third-order valence-corrected chi connectivity index (χ3v) is 3.28. The molecule has 0 unspecified atom stereocenters. The molecule has 0 aliphatic heterocycles. The van der Waals surface area contributed by atoms with Crippen LogP contribution in [0.1, 0.15) is 38.3 Å². The summed E-state index contributed by atoms with van der Waals surface area (Å²) >= 11 is 0. The van der Waals surface area contributed by atoms with E-state index in [0.29, 0.717) is 18.5 Å². The Kier molecular flexibility index (Phi) is 6.44. The Bertz CT molecular complexity index is 528. The zero-order chi connectivity index (χ0) is 17.7. The van der Waals surface area contributed by atoms with Gasteiger partial charge in [0.2, 0.25) is 0 Å². The molecular weight excluding hydrogens is 309 g/mol. The lowest BCUT2D eigenvalue weighted by molar-refractivity contribution is -0.137. The van der Waals surface area contributed by atoms with Crippen LogP contribution in [0.15, 0.2) is 24.3 Å². The van der Waals surface area contributed by atoms with Gasteiger partial charge in [-0.1, -0.05) is 26.0 Å².